The van der Waals surface area contributed by atoms with E-state index in [9.17, 15) is 9.59 Å². The molecule has 2 unspecified atom stereocenters. The summed E-state index contributed by atoms with van der Waals surface area (Å²) in [5.74, 6) is -1.72. The molecule has 0 bridgehead atoms. The van der Waals surface area contributed by atoms with Crippen LogP contribution in [0, 0.1) is 5.92 Å². The smallest absolute Gasteiger partial charge is 0.314 e. The summed E-state index contributed by atoms with van der Waals surface area (Å²) >= 11 is 0. The fourth-order valence-corrected chi connectivity index (χ4v) is 2.58. The van der Waals surface area contributed by atoms with Crippen molar-refractivity contribution in [3.05, 3.63) is 35.4 Å². The zero-order valence-corrected chi connectivity index (χ0v) is 10.5. The molecule has 0 aromatic heterocycles. The van der Waals surface area contributed by atoms with Crippen molar-refractivity contribution in [2.24, 2.45) is 5.92 Å². The Balaban J connectivity index is 2.43. The number of esters is 2. The van der Waals surface area contributed by atoms with Crippen LogP contribution in [0.5, 0.6) is 0 Å². The lowest BCUT2D eigenvalue weighted by molar-refractivity contribution is -0.154. The molecule has 0 N–H and O–H groups in total. The fraction of sp³-hybridized carbons (Fsp3) is 0.429. The highest BCUT2D eigenvalue weighted by Crippen LogP contribution is 2.37. The van der Waals surface area contributed by atoms with Gasteiger partial charge in [0.2, 0.25) is 0 Å². The number of hydrogen-bond donors (Lipinski definition) is 0. The van der Waals surface area contributed by atoms with Crippen molar-refractivity contribution >= 4 is 11.9 Å². The van der Waals surface area contributed by atoms with E-state index in [0.29, 0.717) is 6.42 Å². The lowest BCUT2D eigenvalue weighted by Crippen LogP contribution is -2.34. The van der Waals surface area contributed by atoms with Crippen LogP contribution < -0.4 is 0 Å². The number of aryl methyl sites for hydroxylation is 1. The third kappa shape index (κ3) is 2.10. The molecule has 0 fully saturated rings. The predicted molar refractivity (Wildman–Crippen MR) is 65.0 cm³/mol. The first-order valence-corrected chi connectivity index (χ1v) is 5.92. The zero-order valence-electron chi connectivity index (χ0n) is 10.5. The number of benzene rings is 1. The molecule has 2 rings (SSSR count). The highest BCUT2D eigenvalue weighted by atomic mass is 16.5. The molecule has 4 heteroatoms. The maximum Gasteiger partial charge on any atom is 0.314 e. The van der Waals surface area contributed by atoms with Gasteiger partial charge in [-0.1, -0.05) is 24.3 Å². The van der Waals surface area contributed by atoms with Crippen LogP contribution in [0.25, 0.3) is 0 Å². The molecule has 0 radical (unpaired) electrons. The summed E-state index contributed by atoms with van der Waals surface area (Å²) in [7, 11) is 2.69. The second-order valence-corrected chi connectivity index (χ2v) is 4.37. The Hall–Kier alpha value is -1.84. The number of fused-ring (bicyclic) bond motifs is 1. The summed E-state index contributed by atoms with van der Waals surface area (Å²) in [5.41, 5.74) is 1.99. The average molecular weight is 248 g/mol. The average Bonchev–Trinajstić information content (AvgIpc) is 2.44. The van der Waals surface area contributed by atoms with Crippen LogP contribution in [0.2, 0.25) is 0 Å². The first-order chi connectivity index (χ1) is 8.69. The Labute approximate surface area is 106 Å². The largest absolute Gasteiger partial charge is 0.469 e. The summed E-state index contributed by atoms with van der Waals surface area (Å²) in [6.45, 7) is 0. The first kappa shape index (κ1) is 12.6. The van der Waals surface area contributed by atoms with Crippen molar-refractivity contribution in [3.63, 3.8) is 0 Å². The second-order valence-electron chi connectivity index (χ2n) is 4.37. The van der Waals surface area contributed by atoms with Gasteiger partial charge >= 0.3 is 11.9 Å². The summed E-state index contributed by atoms with van der Waals surface area (Å²) in [4.78, 5) is 23.7. The third-order valence-electron chi connectivity index (χ3n) is 3.48. The Morgan fingerprint density at radius 1 is 1.11 bits per heavy atom. The van der Waals surface area contributed by atoms with Crippen molar-refractivity contribution in [2.75, 3.05) is 14.2 Å². The third-order valence-corrected chi connectivity index (χ3v) is 3.48. The van der Waals surface area contributed by atoms with Crippen LogP contribution in [0.1, 0.15) is 23.5 Å². The van der Waals surface area contributed by atoms with Gasteiger partial charge in [-0.25, -0.2) is 0 Å². The van der Waals surface area contributed by atoms with E-state index in [-0.39, 0.29) is 11.9 Å². The molecule has 0 amide bonds. The van der Waals surface area contributed by atoms with Gasteiger partial charge < -0.3 is 9.47 Å². The standard InChI is InChI=1S/C14H16O4/c1-17-13(15)11-8-7-9-5-3-4-6-10(9)12(11)14(16)18-2/h3-6,11-12H,7-8H2,1-2H3. The van der Waals surface area contributed by atoms with E-state index in [1.807, 2.05) is 24.3 Å². The molecule has 1 aromatic carbocycles. The van der Waals surface area contributed by atoms with Gasteiger partial charge in [0.25, 0.3) is 0 Å². The topological polar surface area (TPSA) is 52.6 Å². The van der Waals surface area contributed by atoms with Gasteiger partial charge in [-0.15, -0.1) is 0 Å². The molecule has 18 heavy (non-hydrogen) atoms. The van der Waals surface area contributed by atoms with Gasteiger partial charge in [0, 0.05) is 0 Å². The number of carbonyl (C=O) groups is 2. The van der Waals surface area contributed by atoms with Gasteiger partial charge in [-0.3, -0.25) is 9.59 Å². The van der Waals surface area contributed by atoms with Crippen LogP contribution in [0.4, 0.5) is 0 Å². The summed E-state index contributed by atoms with van der Waals surface area (Å²) in [6, 6.07) is 7.67. The minimum atomic E-state index is -0.549. The summed E-state index contributed by atoms with van der Waals surface area (Å²) in [5, 5.41) is 0. The molecule has 1 aliphatic rings. The molecule has 0 heterocycles. The number of carbonyl (C=O) groups excluding carboxylic acids is 2. The Bertz CT molecular complexity index is 467. The fourth-order valence-electron chi connectivity index (χ4n) is 2.58. The molecule has 1 aliphatic carbocycles. The van der Waals surface area contributed by atoms with E-state index in [4.69, 9.17) is 9.47 Å². The molecule has 0 saturated heterocycles. The number of methoxy groups -OCH3 is 2. The highest BCUT2D eigenvalue weighted by molar-refractivity contribution is 5.87. The SMILES string of the molecule is COC(=O)C1CCc2ccccc2C1C(=O)OC. The van der Waals surface area contributed by atoms with Crippen LogP contribution in [-0.2, 0) is 25.5 Å². The minimum Gasteiger partial charge on any atom is -0.469 e. The number of rotatable bonds is 2. The van der Waals surface area contributed by atoms with Crippen LogP contribution in [0.15, 0.2) is 24.3 Å². The molecule has 0 aliphatic heterocycles. The van der Waals surface area contributed by atoms with Gasteiger partial charge in [0.15, 0.2) is 0 Å². The van der Waals surface area contributed by atoms with Crippen molar-refractivity contribution in [3.8, 4) is 0 Å². The highest BCUT2D eigenvalue weighted by Gasteiger charge is 2.40. The Morgan fingerprint density at radius 3 is 2.44 bits per heavy atom. The monoisotopic (exact) mass is 248 g/mol. The molecule has 1 aromatic rings. The molecule has 2 atom stereocenters. The molecule has 0 saturated carbocycles. The number of hydrogen-bond acceptors (Lipinski definition) is 4. The number of ether oxygens (including phenoxy) is 2. The lowest BCUT2D eigenvalue weighted by atomic mass is 9.75. The van der Waals surface area contributed by atoms with E-state index in [0.717, 1.165) is 17.5 Å². The van der Waals surface area contributed by atoms with E-state index >= 15 is 0 Å². The minimum absolute atomic E-state index is 0.347. The van der Waals surface area contributed by atoms with E-state index in [2.05, 4.69) is 0 Å². The van der Waals surface area contributed by atoms with Gasteiger partial charge in [0.05, 0.1) is 26.1 Å². The molecular formula is C14H16O4. The normalized spacial score (nSPS) is 21.9. The van der Waals surface area contributed by atoms with E-state index < -0.39 is 11.8 Å². The Morgan fingerprint density at radius 2 is 1.78 bits per heavy atom. The van der Waals surface area contributed by atoms with Gasteiger partial charge in [0.1, 0.15) is 0 Å². The van der Waals surface area contributed by atoms with Crippen molar-refractivity contribution in [1.29, 1.82) is 0 Å². The zero-order chi connectivity index (χ0) is 13.1. The molecular weight excluding hydrogens is 232 g/mol. The first-order valence-electron chi connectivity index (χ1n) is 5.92. The van der Waals surface area contributed by atoms with Crippen molar-refractivity contribution in [1.82, 2.24) is 0 Å². The summed E-state index contributed by atoms with van der Waals surface area (Å²) < 4.78 is 9.61. The van der Waals surface area contributed by atoms with E-state index in [1.165, 1.54) is 14.2 Å². The van der Waals surface area contributed by atoms with Crippen LogP contribution in [0.3, 0.4) is 0 Å². The van der Waals surface area contributed by atoms with E-state index in [1.54, 1.807) is 0 Å². The predicted octanol–water partition coefficient (Wildman–Crippen LogP) is 1.68. The van der Waals surface area contributed by atoms with Crippen LogP contribution >= 0.6 is 0 Å². The maximum atomic E-state index is 11.9. The quantitative estimate of drug-likeness (QED) is 0.747. The van der Waals surface area contributed by atoms with Crippen molar-refractivity contribution in [2.45, 2.75) is 18.8 Å². The van der Waals surface area contributed by atoms with Crippen molar-refractivity contribution < 1.29 is 19.1 Å². The summed E-state index contributed by atoms with van der Waals surface area (Å²) in [6.07, 6.45) is 1.40. The molecule has 0 spiro atoms. The van der Waals surface area contributed by atoms with Gasteiger partial charge in [-0.05, 0) is 24.0 Å². The maximum absolute atomic E-state index is 11.9. The molecule has 96 valence electrons. The Kier molecular flexibility index (Phi) is 3.65. The van der Waals surface area contributed by atoms with Crippen LogP contribution in [-0.4, -0.2) is 26.2 Å². The van der Waals surface area contributed by atoms with Gasteiger partial charge in [-0.2, -0.15) is 0 Å². The lowest BCUT2D eigenvalue weighted by Gasteiger charge is -2.29. The molecule has 4 nitrogen and oxygen atoms in total. The second kappa shape index (κ2) is 5.21.